The van der Waals surface area contributed by atoms with E-state index in [1.165, 1.54) is 0 Å². The molecule has 0 saturated carbocycles. The van der Waals surface area contributed by atoms with Gasteiger partial charge in [0.2, 0.25) is 0 Å². The highest BCUT2D eigenvalue weighted by Crippen LogP contribution is 2.21. The Hall–Kier alpha value is -1.94. The van der Waals surface area contributed by atoms with E-state index >= 15 is 0 Å². The Balaban J connectivity index is 1.95. The molecule has 0 aliphatic heterocycles. The molecule has 2 rings (SSSR count). The quantitative estimate of drug-likeness (QED) is 0.844. The molecule has 1 aromatic heterocycles. The first-order valence-electron chi connectivity index (χ1n) is 7.17. The lowest BCUT2D eigenvalue weighted by Crippen LogP contribution is -2.21. The van der Waals surface area contributed by atoms with E-state index in [2.05, 4.69) is 26.1 Å². The summed E-state index contributed by atoms with van der Waals surface area (Å²) in [5.41, 5.74) is 1.15. The van der Waals surface area contributed by atoms with Gasteiger partial charge in [0.15, 0.2) is 0 Å². The first kappa shape index (κ1) is 15.4. The molecule has 0 aliphatic rings. The van der Waals surface area contributed by atoms with Gasteiger partial charge in [0.1, 0.15) is 29.6 Å². The third-order valence-corrected chi connectivity index (χ3v) is 3.16. The molecule has 0 amide bonds. The van der Waals surface area contributed by atoms with Crippen molar-refractivity contribution in [3.8, 4) is 11.5 Å². The van der Waals surface area contributed by atoms with Crippen molar-refractivity contribution < 1.29 is 13.9 Å². The van der Waals surface area contributed by atoms with E-state index in [9.17, 15) is 0 Å². The van der Waals surface area contributed by atoms with Crippen LogP contribution in [0.15, 0.2) is 34.7 Å². The molecule has 0 radical (unpaired) electrons. The summed E-state index contributed by atoms with van der Waals surface area (Å²) in [6.45, 7) is 7.43. The molecule has 1 N–H and O–H groups in total. The highest BCUT2D eigenvalue weighted by Gasteiger charge is 2.09. The zero-order valence-corrected chi connectivity index (χ0v) is 13.1. The van der Waals surface area contributed by atoms with Gasteiger partial charge < -0.3 is 19.2 Å². The molecule has 1 heterocycles. The first-order chi connectivity index (χ1) is 10.1. The Morgan fingerprint density at radius 3 is 2.67 bits per heavy atom. The summed E-state index contributed by atoms with van der Waals surface area (Å²) in [5.74, 6) is 3.35. The van der Waals surface area contributed by atoms with Crippen molar-refractivity contribution in [2.45, 2.75) is 40.0 Å². The lowest BCUT2D eigenvalue weighted by atomic mass is 10.2. The average Bonchev–Trinajstić information content (AvgIpc) is 2.83. The number of rotatable bonds is 7. The molecule has 0 aliphatic carbocycles. The molecule has 0 unspecified atom stereocenters. The molecular weight excluding hydrogens is 266 g/mol. The Labute approximate surface area is 126 Å². The van der Waals surface area contributed by atoms with Gasteiger partial charge in [0, 0.05) is 12.1 Å². The van der Waals surface area contributed by atoms with Crippen LogP contribution in [0.1, 0.15) is 30.9 Å². The summed E-state index contributed by atoms with van der Waals surface area (Å²) in [4.78, 5) is 0. The maximum absolute atomic E-state index is 5.82. The van der Waals surface area contributed by atoms with Gasteiger partial charge in [-0.2, -0.15) is 0 Å². The zero-order chi connectivity index (χ0) is 15.2. The molecule has 0 saturated heterocycles. The number of methoxy groups -OCH3 is 1. The lowest BCUT2D eigenvalue weighted by Gasteiger charge is -2.07. The number of benzene rings is 1. The monoisotopic (exact) mass is 289 g/mol. The molecule has 4 nitrogen and oxygen atoms in total. The van der Waals surface area contributed by atoms with E-state index in [0.29, 0.717) is 12.6 Å². The Morgan fingerprint density at radius 1 is 1.19 bits per heavy atom. The smallest absolute Gasteiger partial charge is 0.146 e. The molecule has 21 heavy (non-hydrogen) atoms. The van der Waals surface area contributed by atoms with Gasteiger partial charge in [-0.15, -0.1) is 0 Å². The van der Waals surface area contributed by atoms with Crippen LogP contribution in [0.25, 0.3) is 0 Å². The minimum atomic E-state index is 0.412. The summed E-state index contributed by atoms with van der Waals surface area (Å²) in [5, 5.41) is 3.35. The van der Waals surface area contributed by atoms with Crippen molar-refractivity contribution in [1.82, 2.24) is 5.32 Å². The number of aryl methyl sites for hydroxylation is 1. The SMILES string of the molecule is COc1cccc(OCc2cc(C)c(CNC(C)C)o2)c1. The number of furan rings is 1. The van der Waals surface area contributed by atoms with Gasteiger partial charge in [0.25, 0.3) is 0 Å². The summed E-state index contributed by atoms with van der Waals surface area (Å²) in [7, 11) is 1.64. The van der Waals surface area contributed by atoms with Crippen molar-refractivity contribution in [2.75, 3.05) is 7.11 Å². The number of hydrogen-bond acceptors (Lipinski definition) is 4. The molecule has 2 aromatic rings. The highest BCUT2D eigenvalue weighted by molar-refractivity contribution is 5.33. The number of ether oxygens (including phenoxy) is 2. The second-order valence-corrected chi connectivity index (χ2v) is 5.32. The second kappa shape index (κ2) is 7.18. The van der Waals surface area contributed by atoms with Crippen molar-refractivity contribution in [2.24, 2.45) is 0 Å². The molecular formula is C17H23NO3. The minimum Gasteiger partial charge on any atom is -0.497 e. The summed E-state index contributed by atoms with van der Waals surface area (Å²) in [6.07, 6.45) is 0. The largest absolute Gasteiger partial charge is 0.497 e. The third kappa shape index (κ3) is 4.53. The zero-order valence-electron chi connectivity index (χ0n) is 13.1. The molecule has 0 bridgehead atoms. The Morgan fingerprint density at radius 2 is 1.95 bits per heavy atom. The number of hydrogen-bond donors (Lipinski definition) is 1. The summed E-state index contributed by atoms with van der Waals surface area (Å²) in [6, 6.07) is 10.0. The van der Waals surface area contributed by atoms with E-state index in [1.54, 1.807) is 7.11 Å². The standard InChI is InChI=1S/C17H23NO3/c1-12(2)18-10-17-13(3)8-16(21-17)11-20-15-7-5-6-14(9-15)19-4/h5-9,12,18H,10-11H2,1-4H3. The van der Waals surface area contributed by atoms with Gasteiger partial charge in [-0.05, 0) is 30.7 Å². The van der Waals surface area contributed by atoms with Crippen molar-refractivity contribution in [3.63, 3.8) is 0 Å². The first-order valence-corrected chi connectivity index (χ1v) is 7.17. The van der Waals surface area contributed by atoms with Gasteiger partial charge in [-0.3, -0.25) is 0 Å². The summed E-state index contributed by atoms with van der Waals surface area (Å²) < 4.78 is 16.7. The van der Waals surface area contributed by atoms with Gasteiger partial charge >= 0.3 is 0 Å². The minimum absolute atomic E-state index is 0.412. The Kier molecular flexibility index (Phi) is 5.28. The predicted molar refractivity (Wildman–Crippen MR) is 82.7 cm³/mol. The maximum atomic E-state index is 5.82. The normalized spacial score (nSPS) is 10.9. The van der Waals surface area contributed by atoms with Crippen LogP contribution >= 0.6 is 0 Å². The van der Waals surface area contributed by atoms with E-state index < -0.39 is 0 Å². The van der Waals surface area contributed by atoms with E-state index in [0.717, 1.165) is 35.1 Å². The number of nitrogens with one attached hydrogen (secondary N) is 1. The van der Waals surface area contributed by atoms with Crippen LogP contribution in [0.4, 0.5) is 0 Å². The molecule has 1 aromatic carbocycles. The fourth-order valence-electron chi connectivity index (χ4n) is 1.98. The van der Waals surface area contributed by atoms with Crippen molar-refractivity contribution in [1.29, 1.82) is 0 Å². The second-order valence-electron chi connectivity index (χ2n) is 5.32. The van der Waals surface area contributed by atoms with Crippen molar-refractivity contribution in [3.05, 3.63) is 47.4 Å². The predicted octanol–water partition coefficient (Wildman–Crippen LogP) is 3.67. The fourth-order valence-corrected chi connectivity index (χ4v) is 1.98. The van der Waals surface area contributed by atoms with Crippen LogP contribution in [0.2, 0.25) is 0 Å². The van der Waals surface area contributed by atoms with Gasteiger partial charge in [-0.1, -0.05) is 19.9 Å². The maximum Gasteiger partial charge on any atom is 0.146 e. The molecule has 0 fully saturated rings. The summed E-state index contributed by atoms with van der Waals surface area (Å²) >= 11 is 0. The molecule has 114 valence electrons. The third-order valence-electron chi connectivity index (χ3n) is 3.16. The van der Waals surface area contributed by atoms with Crippen LogP contribution in [-0.4, -0.2) is 13.2 Å². The van der Waals surface area contributed by atoms with Crippen LogP contribution in [0, 0.1) is 6.92 Å². The van der Waals surface area contributed by atoms with E-state index in [4.69, 9.17) is 13.9 Å². The topological polar surface area (TPSA) is 43.6 Å². The fraction of sp³-hybridized carbons (Fsp3) is 0.412. The van der Waals surface area contributed by atoms with Crippen molar-refractivity contribution >= 4 is 0 Å². The highest BCUT2D eigenvalue weighted by atomic mass is 16.5. The average molecular weight is 289 g/mol. The van der Waals surface area contributed by atoms with Gasteiger partial charge in [0.05, 0.1) is 13.7 Å². The van der Waals surface area contributed by atoms with Crippen LogP contribution in [0.5, 0.6) is 11.5 Å². The van der Waals surface area contributed by atoms with Gasteiger partial charge in [-0.25, -0.2) is 0 Å². The van der Waals surface area contributed by atoms with Crippen LogP contribution < -0.4 is 14.8 Å². The molecule has 0 spiro atoms. The Bertz CT molecular complexity index is 575. The lowest BCUT2D eigenvalue weighted by molar-refractivity contribution is 0.263. The molecule has 4 heteroatoms. The van der Waals surface area contributed by atoms with Crippen LogP contribution in [-0.2, 0) is 13.2 Å². The van der Waals surface area contributed by atoms with E-state index in [1.807, 2.05) is 30.3 Å². The van der Waals surface area contributed by atoms with E-state index in [-0.39, 0.29) is 0 Å². The van der Waals surface area contributed by atoms with Crippen LogP contribution in [0.3, 0.4) is 0 Å². The molecule has 0 atom stereocenters.